The lowest BCUT2D eigenvalue weighted by atomic mass is 10.1. The van der Waals surface area contributed by atoms with Gasteiger partial charge in [-0.3, -0.25) is 14.6 Å². The van der Waals surface area contributed by atoms with Crippen LogP contribution in [0.1, 0.15) is 92.9 Å². The molecule has 0 saturated carbocycles. The first-order chi connectivity index (χ1) is 22.0. The first kappa shape index (κ1) is 33.9. The van der Waals surface area contributed by atoms with Crippen molar-refractivity contribution in [1.29, 1.82) is 0 Å². The highest BCUT2D eigenvalue weighted by Crippen LogP contribution is 2.34. The lowest BCUT2D eigenvalue weighted by molar-refractivity contribution is -0.146. The maximum absolute atomic E-state index is 13.4. The van der Waals surface area contributed by atoms with Gasteiger partial charge in [-0.1, -0.05) is 88.3 Å². The van der Waals surface area contributed by atoms with E-state index in [0.29, 0.717) is 12.0 Å². The zero-order valence-electron chi connectivity index (χ0n) is 26.4. The van der Waals surface area contributed by atoms with Crippen molar-refractivity contribution >= 4 is 46.7 Å². The number of hydrogen-bond donors (Lipinski definition) is 1. The van der Waals surface area contributed by atoms with E-state index in [-0.39, 0.29) is 25.3 Å². The number of nitrogens with zero attached hydrogens (tertiary/aromatic N) is 4. The Bertz CT molecular complexity index is 1550. The number of pyridine rings is 1. The summed E-state index contributed by atoms with van der Waals surface area (Å²) in [5.41, 5.74) is 2.85. The maximum atomic E-state index is 13.4. The van der Waals surface area contributed by atoms with Crippen LogP contribution in [-0.4, -0.2) is 50.4 Å². The number of carbonyl (C=O) groups is 2. The monoisotopic (exact) mass is 628 g/mol. The number of benzene rings is 2. The summed E-state index contributed by atoms with van der Waals surface area (Å²) in [5.74, 6) is -0.499. The van der Waals surface area contributed by atoms with Crippen molar-refractivity contribution in [3.63, 3.8) is 0 Å². The van der Waals surface area contributed by atoms with E-state index in [4.69, 9.17) is 4.74 Å². The molecule has 1 N–H and O–H groups in total. The molecule has 8 nitrogen and oxygen atoms in total. The van der Waals surface area contributed by atoms with Gasteiger partial charge >= 0.3 is 5.97 Å². The number of rotatable bonds is 18. The Balaban J connectivity index is 1.32. The Kier molecular flexibility index (Phi) is 13.7. The van der Waals surface area contributed by atoms with Crippen LogP contribution in [0.3, 0.4) is 0 Å². The van der Waals surface area contributed by atoms with Crippen LogP contribution in [0.25, 0.3) is 23.1 Å². The third-order valence-corrected chi connectivity index (χ3v) is 8.65. The molecule has 1 amide bonds. The summed E-state index contributed by atoms with van der Waals surface area (Å²) in [6, 6.07) is 19.0. The summed E-state index contributed by atoms with van der Waals surface area (Å²) in [5, 5.41) is 15.4. The zero-order chi connectivity index (χ0) is 31.9. The molecule has 2 aromatic heterocycles. The molecule has 0 saturated heterocycles. The number of ether oxygens (including phenoxy) is 1. The predicted octanol–water partition coefficient (Wildman–Crippen LogP) is 8.20. The van der Waals surface area contributed by atoms with Crippen molar-refractivity contribution in [3.05, 3.63) is 83.8 Å². The molecule has 0 bridgehead atoms. The number of aliphatic hydroxyl groups excluding tert-OH is 1. The molecule has 4 rings (SSSR count). The SMILES string of the molecule is CCCCCCCCCCCC(=O)OCN(C)C(=O)c1ccccc1Sc1ccc2c(/C=C/c3ccccn3)nn(CO)c2c1. The minimum Gasteiger partial charge on any atom is -0.444 e. The highest BCUT2D eigenvalue weighted by atomic mass is 32.2. The average Bonchev–Trinajstić information content (AvgIpc) is 3.42. The van der Waals surface area contributed by atoms with E-state index >= 15 is 0 Å². The Labute approximate surface area is 270 Å². The van der Waals surface area contributed by atoms with Crippen LogP contribution >= 0.6 is 11.8 Å². The van der Waals surface area contributed by atoms with E-state index in [1.54, 1.807) is 24.0 Å². The number of amides is 1. The lowest BCUT2D eigenvalue weighted by Crippen LogP contribution is -2.30. The van der Waals surface area contributed by atoms with E-state index in [0.717, 1.165) is 51.3 Å². The van der Waals surface area contributed by atoms with Crippen LogP contribution < -0.4 is 0 Å². The molecule has 0 radical (unpaired) electrons. The summed E-state index contributed by atoms with van der Waals surface area (Å²) in [6.07, 6.45) is 16.5. The molecule has 0 unspecified atom stereocenters. The van der Waals surface area contributed by atoms with Crippen LogP contribution in [0.4, 0.5) is 0 Å². The fourth-order valence-corrected chi connectivity index (χ4v) is 6.03. The number of aliphatic hydroxyl groups is 1. The fourth-order valence-electron chi connectivity index (χ4n) is 5.06. The normalized spacial score (nSPS) is 11.4. The first-order valence-electron chi connectivity index (χ1n) is 15.9. The standard InChI is InChI=1S/C36H44N4O4S/c1-3-4-5-6-7-8-9-10-11-19-35(42)44-27-39(2)36(43)31-17-12-13-18-34(31)45-29-21-22-30-32(38-40(26-41)33(30)25-29)23-20-28-16-14-15-24-37-28/h12-18,20-25,41H,3-11,19,26-27H2,1-2H3/b23-20+. The number of carbonyl (C=O) groups excluding carboxylic acids is 2. The third-order valence-electron chi connectivity index (χ3n) is 7.58. The summed E-state index contributed by atoms with van der Waals surface area (Å²) >= 11 is 1.45. The number of esters is 1. The molecule has 0 fully saturated rings. The van der Waals surface area contributed by atoms with E-state index < -0.39 is 0 Å². The van der Waals surface area contributed by atoms with Gasteiger partial charge in [-0.05, 0) is 61.0 Å². The topological polar surface area (TPSA) is 97.5 Å². The van der Waals surface area contributed by atoms with Crippen LogP contribution in [-0.2, 0) is 16.3 Å². The molecule has 0 atom stereocenters. The second kappa shape index (κ2) is 18.1. The minimum absolute atomic E-state index is 0.0927. The van der Waals surface area contributed by atoms with Gasteiger partial charge in [0.15, 0.2) is 6.73 Å². The number of fused-ring (bicyclic) bond motifs is 1. The molecule has 2 heterocycles. The average molecular weight is 629 g/mol. The summed E-state index contributed by atoms with van der Waals surface area (Å²) in [7, 11) is 1.64. The molecule has 0 aliphatic rings. The van der Waals surface area contributed by atoms with E-state index in [2.05, 4.69) is 17.0 Å². The highest BCUT2D eigenvalue weighted by molar-refractivity contribution is 7.99. The molecule has 0 spiro atoms. The summed E-state index contributed by atoms with van der Waals surface area (Å²) < 4.78 is 6.96. The molecular formula is C36H44N4O4S. The predicted molar refractivity (Wildman–Crippen MR) is 181 cm³/mol. The van der Waals surface area contributed by atoms with Crippen LogP contribution in [0, 0.1) is 0 Å². The van der Waals surface area contributed by atoms with Gasteiger partial charge in [0.25, 0.3) is 5.91 Å². The van der Waals surface area contributed by atoms with Gasteiger partial charge in [0.2, 0.25) is 0 Å². The molecular weight excluding hydrogens is 584 g/mol. The highest BCUT2D eigenvalue weighted by Gasteiger charge is 2.18. The van der Waals surface area contributed by atoms with Gasteiger partial charge < -0.3 is 14.7 Å². The Morgan fingerprint density at radius 2 is 1.67 bits per heavy atom. The molecule has 0 aliphatic carbocycles. The number of hydrogen-bond acceptors (Lipinski definition) is 7. The van der Waals surface area contributed by atoms with Crippen LogP contribution in [0.2, 0.25) is 0 Å². The largest absolute Gasteiger partial charge is 0.444 e. The summed E-state index contributed by atoms with van der Waals surface area (Å²) in [4.78, 5) is 33.1. The van der Waals surface area contributed by atoms with Crippen molar-refractivity contribution in [2.75, 3.05) is 13.8 Å². The van der Waals surface area contributed by atoms with Crippen LogP contribution in [0.15, 0.2) is 76.7 Å². The minimum atomic E-state index is -0.275. The Morgan fingerprint density at radius 1 is 0.933 bits per heavy atom. The smallest absolute Gasteiger partial charge is 0.307 e. The molecule has 45 heavy (non-hydrogen) atoms. The Hall–Kier alpha value is -3.95. The number of aromatic nitrogens is 3. The van der Waals surface area contributed by atoms with Gasteiger partial charge in [0, 0.05) is 34.8 Å². The van der Waals surface area contributed by atoms with E-state index in [9.17, 15) is 14.7 Å². The molecule has 238 valence electrons. The van der Waals surface area contributed by atoms with Crippen molar-refractivity contribution < 1.29 is 19.4 Å². The van der Waals surface area contributed by atoms with Gasteiger partial charge in [-0.25, -0.2) is 4.68 Å². The van der Waals surface area contributed by atoms with Crippen LogP contribution in [0.5, 0.6) is 0 Å². The molecule has 2 aromatic carbocycles. The summed E-state index contributed by atoms with van der Waals surface area (Å²) in [6.45, 7) is 1.87. The quantitative estimate of drug-likeness (QED) is 0.0674. The van der Waals surface area contributed by atoms with Crippen molar-refractivity contribution in [3.8, 4) is 0 Å². The molecule has 0 aliphatic heterocycles. The van der Waals surface area contributed by atoms with Gasteiger partial charge in [-0.2, -0.15) is 5.10 Å². The van der Waals surface area contributed by atoms with Crippen molar-refractivity contribution in [2.45, 2.75) is 87.7 Å². The number of unbranched alkanes of at least 4 members (excludes halogenated alkanes) is 8. The zero-order valence-corrected chi connectivity index (χ0v) is 27.2. The van der Waals surface area contributed by atoms with Gasteiger partial charge in [-0.15, -0.1) is 0 Å². The van der Waals surface area contributed by atoms with Gasteiger partial charge in [0.05, 0.1) is 22.5 Å². The molecule has 9 heteroatoms. The first-order valence-corrected chi connectivity index (χ1v) is 16.7. The lowest BCUT2D eigenvalue weighted by Gasteiger charge is -2.19. The van der Waals surface area contributed by atoms with E-state index in [1.807, 2.05) is 66.7 Å². The Morgan fingerprint density at radius 3 is 2.40 bits per heavy atom. The molecule has 4 aromatic rings. The third kappa shape index (κ3) is 10.3. The maximum Gasteiger partial charge on any atom is 0.307 e. The van der Waals surface area contributed by atoms with Crippen molar-refractivity contribution in [1.82, 2.24) is 19.7 Å². The second-order valence-electron chi connectivity index (χ2n) is 11.1. The fraction of sp³-hybridized carbons (Fsp3) is 0.389. The van der Waals surface area contributed by atoms with E-state index in [1.165, 1.54) is 55.2 Å². The second-order valence-corrected chi connectivity index (χ2v) is 12.2. The van der Waals surface area contributed by atoms with Gasteiger partial charge in [0.1, 0.15) is 6.73 Å². The van der Waals surface area contributed by atoms with Crippen molar-refractivity contribution in [2.24, 2.45) is 0 Å².